The van der Waals surface area contributed by atoms with E-state index >= 15 is 0 Å². The van der Waals surface area contributed by atoms with Gasteiger partial charge in [0, 0.05) is 14.5 Å². The van der Waals surface area contributed by atoms with Crippen molar-refractivity contribution in [1.82, 2.24) is 0 Å². The number of alkyl halides is 3. The van der Waals surface area contributed by atoms with Crippen molar-refractivity contribution in [3.8, 4) is 0 Å². The molecule has 0 spiro atoms. The van der Waals surface area contributed by atoms with E-state index in [-0.39, 0.29) is 0 Å². The zero-order valence-corrected chi connectivity index (χ0v) is 13.2. The number of fused-ring (bicyclic) bond motifs is 3. The van der Waals surface area contributed by atoms with Crippen LogP contribution in [-0.2, 0) is 0 Å². The molecule has 0 aromatic rings. The molecule has 3 heteroatoms. The quantitative estimate of drug-likeness (QED) is 0.416. The van der Waals surface area contributed by atoms with E-state index in [1.807, 2.05) is 0 Å². The predicted octanol–water partition coefficient (Wildman–Crippen LogP) is 4.51. The Labute approximate surface area is 117 Å². The summed E-state index contributed by atoms with van der Waals surface area (Å²) >= 11 is 11.5. The Balaban J connectivity index is 1.88. The van der Waals surface area contributed by atoms with Gasteiger partial charge in [0.05, 0.1) is 0 Å². The van der Waals surface area contributed by atoms with E-state index in [1.54, 1.807) is 0 Å². The number of hydrogen-bond donors (Lipinski definition) is 0. The minimum Gasteiger partial charge on any atom is -0.0890 e. The van der Waals surface area contributed by atoms with Gasteiger partial charge in [-0.1, -0.05) is 59.9 Å². The largest absolute Gasteiger partial charge is 0.0890 e. The third-order valence-electron chi connectivity index (χ3n) is 4.41. The highest BCUT2D eigenvalue weighted by Gasteiger charge is 2.50. The molecule has 0 saturated heterocycles. The summed E-state index contributed by atoms with van der Waals surface area (Å²) in [6.45, 7) is 0. The molecule has 15 heavy (non-hydrogen) atoms. The summed E-state index contributed by atoms with van der Waals surface area (Å²) in [5, 5.41) is 0. The van der Waals surface area contributed by atoms with Gasteiger partial charge in [0.1, 0.15) is 0 Å². The second-order valence-electron chi connectivity index (χ2n) is 5.22. The standard InChI is InChI=1S/C12H15Br3/c13-8-3-6-1-2-7-4-10(14)12(15)11(7)9(6)5-8/h1-2,6-12H,3-5H2. The van der Waals surface area contributed by atoms with Crippen LogP contribution in [0.25, 0.3) is 0 Å². The third kappa shape index (κ3) is 1.81. The van der Waals surface area contributed by atoms with Crippen LogP contribution in [0.5, 0.6) is 0 Å². The molecule has 2 saturated carbocycles. The van der Waals surface area contributed by atoms with Gasteiger partial charge >= 0.3 is 0 Å². The predicted molar refractivity (Wildman–Crippen MR) is 75.1 cm³/mol. The molecule has 3 aliphatic rings. The maximum absolute atomic E-state index is 3.91. The average Bonchev–Trinajstić information content (AvgIpc) is 2.68. The van der Waals surface area contributed by atoms with Crippen LogP contribution in [-0.4, -0.2) is 14.5 Å². The van der Waals surface area contributed by atoms with Crippen molar-refractivity contribution in [2.24, 2.45) is 23.7 Å². The summed E-state index contributed by atoms with van der Waals surface area (Å²) in [4.78, 5) is 2.10. The van der Waals surface area contributed by atoms with Crippen molar-refractivity contribution in [2.75, 3.05) is 0 Å². The van der Waals surface area contributed by atoms with Gasteiger partial charge in [0.25, 0.3) is 0 Å². The van der Waals surface area contributed by atoms with E-state index in [2.05, 4.69) is 59.9 Å². The molecule has 0 nitrogen and oxygen atoms in total. The molecule has 0 amide bonds. The van der Waals surface area contributed by atoms with Crippen molar-refractivity contribution in [3.05, 3.63) is 12.2 Å². The topological polar surface area (TPSA) is 0 Å². The maximum Gasteiger partial charge on any atom is 0.0308 e. The van der Waals surface area contributed by atoms with Gasteiger partial charge in [0.15, 0.2) is 0 Å². The molecular weight excluding hydrogens is 384 g/mol. The fourth-order valence-corrected chi connectivity index (χ4v) is 6.42. The average molecular weight is 399 g/mol. The Morgan fingerprint density at radius 2 is 1.60 bits per heavy atom. The summed E-state index contributed by atoms with van der Waals surface area (Å²) in [5.74, 6) is 3.44. The lowest BCUT2D eigenvalue weighted by molar-refractivity contribution is 0.251. The Hall–Kier alpha value is 1.18. The Morgan fingerprint density at radius 1 is 0.867 bits per heavy atom. The molecule has 0 aliphatic heterocycles. The fraction of sp³-hybridized carbons (Fsp3) is 0.833. The van der Waals surface area contributed by atoms with Crippen LogP contribution >= 0.6 is 47.8 Å². The van der Waals surface area contributed by atoms with Crippen molar-refractivity contribution in [2.45, 2.75) is 33.7 Å². The van der Waals surface area contributed by atoms with Gasteiger partial charge in [-0.15, -0.1) is 0 Å². The lowest BCUT2D eigenvalue weighted by Crippen LogP contribution is -2.30. The van der Waals surface area contributed by atoms with Crippen LogP contribution < -0.4 is 0 Å². The van der Waals surface area contributed by atoms with Crippen LogP contribution in [0.4, 0.5) is 0 Å². The summed E-state index contributed by atoms with van der Waals surface area (Å²) in [7, 11) is 0. The van der Waals surface area contributed by atoms with E-state index < -0.39 is 0 Å². The van der Waals surface area contributed by atoms with E-state index in [4.69, 9.17) is 0 Å². The van der Waals surface area contributed by atoms with Crippen molar-refractivity contribution < 1.29 is 0 Å². The van der Waals surface area contributed by atoms with Crippen molar-refractivity contribution in [1.29, 1.82) is 0 Å². The SMILES string of the molecule is BrC1CC2C=CC3CC(Br)C(Br)C3C2C1. The highest BCUT2D eigenvalue weighted by molar-refractivity contribution is 9.12. The van der Waals surface area contributed by atoms with Gasteiger partial charge in [0.2, 0.25) is 0 Å². The summed E-state index contributed by atoms with van der Waals surface area (Å²) in [5.41, 5.74) is 0. The third-order valence-corrected chi connectivity index (χ3v) is 8.06. The van der Waals surface area contributed by atoms with Crippen molar-refractivity contribution in [3.63, 3.8) is 0 Å². The minimum atomic E-state index is 0.672. The molecule has 0 aromatic heterocycles. The zero-order chi connectivity index (χ0) is 10.6. The fourth-order valence-electron chi connectivity index (χ4n) is 3.77. The van der Waals surface area contributed by atoms with Crippen LogP contribution in [0, 0.1) is 23.7 Å². The highest BCUT2D eigenvalue weighted by atomic mass is 79.9. The molecule has 0 radical (unpaired) electrons. The number of hydrogen-bond acceptors (Lipinski definition) is 0. The van der Waals surface area contributed by atoms with Crippen LogP contribution in [0.3, 0.4) is 0 Å². The Bertz CT molecular complexity index is 289. The number of rotatable bonds is 0. The first kappa shape index (κ1) is 11.3. The first-order valence-corrected chi connectivity index (χ1v) is 8.52. The van der Waals surface area contributed by atoms with E-state index in [9.17, 15) is 0 Å². The molecule has 2 fully saturated rings. The highest BCUT2D eigenvalue weighted by Crippen LogP contribution is 2.55. The van der Waals surface area contributed by atoms with E-state index in [1.165, 1.54) is 19.3 Å². The van der Waals surface area contributed by atoms with Crippen LogP contribution in [0.1, 0.15) is 19.3 Å². The Kier molecular flexibility index (Phi) is 3.11. The normalized spacial score (nSPS) is 57.9. The molecule has 7 unspecified atom stereocenters. The smallest absolute Gasteiger partial charge is 0.0308 e. The molecule has 7 atom stereocenters. The maximum atomic E-state index is 3.91. The lowest BCUT2D eigenvalue weighted by atomic mass is 9.73. The molecular formula is C12H15Br3. The second-order valence-corrected chi connectivity index (χ2v) is 8.75. The van der Waals surface area contributed by atoms with Gasteiger partial charge < -0.3 is 0 Å². The monoisotopic (exact) mass is 396 g/mol. The molecule has 0 heterocycles. The lowest BCUT2D eigenvalue weighted by Gasteiger charge is -2.33. The Morgan fingerprint density at radius 3 is 2.40 bits per heavy atom. The molecule has 3 aliphatic carbocycles. The summed E-state index contributed by atoms with van der Waals surface area (Å²) < 4.78 is 0. The first-order valence-electron chi connectivity index (χ1n) is 5.77. The summed E-state index contributed by atoms with van der Waals surface area (Å²) in [6.07, 6.45) is 9.02. The second kappa shape index (κ2) is 4.13. The minimum absolute atomic E-state index is 0.672. The van der Waals surface area contributed by atoms with E-state index in [0.29, 0.717) is 9.65 Å². The zero-order valence-electron chi connectivity index (χ0n) is 8.45. The summed E-state index contributed by atoms with van der Waals surface area (Å²) in [6, 6.07) is 0. The molecule has 84 valence electrons. The van der Waals surface area contributed by atoms with Gasteiger partial charge in [-0.25, -0.2) is 0 Å². The molecule has 0 N–H and O–H groups in total. The number of allylic oxidation sites excluding steroid dienone is 2. The number of halogens is 3. The van der Waals surface area contributed by atoms with Crippen molar-refractivity contribution >= 4 is 47.8 Å². The van der Waals surface area contributed by atoms with Gasteiger partial charge in [-0.2, -0.15) is 0 Å². The van der Waals surface area contributed by atoms with Crippen LogP contribution in [0.15, 0.2) is 12.2 Å². The molecule has 0 bridgehead atoms. The molecule has 3 rings (SSSR count). The van der Waals surface area contributed by atoms with Gasteiger partial charge in [-0.3, -0.25) is 0 Å². The first-order chi connectivity index (χ1) is 7.16. The molecule has 0 aromatic carbocycles. The van der Waals surface area contributed by atoms with Gasteiger partial charge in [-0.05, 0) is 42.9 Å². The van der Waals surface area contributed by atoms with E-state index in [0.717, 1.165) is 28.5 Å². The van der Waals surface area contributed by atoms with Crippen LogP contribution in [0.2, 0.25) is 0 Å².